The highest BCUT2D eigenvalue weighted by Crippen LogP contribution is 2.30. The number of likely N-dealkylation sites (N-methyl/N-ethyl adjacent to an activating group) is 1. The van der Waals surface area contributed by atoms with Gasteiger partial charge in [-0.2, -0.15) is 5.10 Å². The van der Waals surface area contributed by atoms with Gasteiger partial charge in [-0.1, -0.05) is 12.1 Å². The van der Waals surface area contributed by atoms with Crippen LogP contribution in [-0.2, 0) is 11.3 Å². The summed E-state index contributed by atoms with van der Waals surface area (Å²) in [4.78, 5) is 14.0. The van der Waals surface area contributed by atoms with Crippen LogP contribution in [0.15, 0.2) is 42.7 Å². The Hall–Kier alpha value is -2.54. The zero-order valence-corrected chi connectivity index (χ0v) is 14.6. The predicted molar refractivity (Wildman–Crippen MR) is 93.7 cm³/mol. The van der Waals surface area contributed by atoms with Gasteiger partial charge in [-0.3, -0.25) is 9.48 Å². The van der Waals surface area contributed by atoms with Crippen LogP contribution < -0.4 is 14.8 Å². The van der Waals surface area contributed by atoms with Crippen molar-refractivity contribution in [2.24, 2.45) is 0 Å². The van der Waals surface area contributed by atoms with Gasteiger partial charge in [-0.05, 0) is 25.1 Å². The minimum Gasteiger partial charge on any atom is -0.486 e. The van der Waals surface area contributed by atoms with Crippen molar-refractivity contribution in [3.63, 3.8) is 0 Å². The van der Waals surface area contributed by atoms with E-state index in [4.69, 9.17) is 9.47 Å². The number of carbonyl (C=O) groups excluding carboxylic acids is 1. The number of carbonyl (C=O) groups is 1. The third kappa shape index (κ3) is 4.73. The van der Waals surface area contributed by atoms with Gasteiger partial charge < -0.3 is 19.7 Å². The van der Waals surface area contributed by atoms with Crippen LogP contribution in [0, 0.1) is 0 Å². The number of fused-ring (bicyclic) bond motifs is 1. The number of rotatable bonds is 7. The number of amides is 1. The van der Waals surface area contributed by atoms with Gasteiger partial charge in [0.05, 0.1) is 19.6 Å². The van der Waals surface area contributed by atoms with E-state index in [9.17, 15) is 4.79 Å². The second-order valence-corrected chi connectivity index (χ2v) is 6.28. The summed E-state index contributed by atoms with van der Waals surface area (Å²) in [5.74, 6) is 1.50. The first kappa shape index (κ1) is 17.3. The van der Waals surface area contributed by atoms with Crippen molar-refractivity contribution in [3.8, 4) is 11.5 Å². The molecule has 1 amide bonds. The Kier molecular flexibility index (Phi) is 5.55. The molecule has 7 heteroatoms. The Balaban J connectivity index is 1.42. The van der Waals surface area contributed by atoms with Crippen LogP contribution in [-0.4, -0.2) is 59.5 Å². The molecule has 2 aromatic rings. The summed E-state index contributed by atoms with van der Waals surface area (Å²) in [6.45, 7) is 3.97. The van der Waals surface area contributed by atoms with Gasteiger partial charge in [-0.25, -0.2) is 0 Å². The van der Waals surface area contributed by atoms with Crippen LogP contribution >= 0.6 is 0 Å². The largest absolute Gasteiger partial charge is 0.486 e. The number of ether oxygens (including phenoxy) is 2. The summed E-state index contributed by atoms with van der Waals surface area (Å²) in [6, 6.07) is 9.61. The third-order valence-electron chi connectivity index (χ3n) is 4.09. The Morgan fingerprint density at radius 3 is 2.96 bits per heavy atom. The molecule has 0 saturated carbocycles. The molecule has 2 atom stereocenters. The van der Waals surface area contributed by atoms with Crippen molar-refractivity contribution in [2.45, 2.75) is 25.6 Å². The van der Waals surface area contributed by atoms with Crippen molar-refractivity contribution in [2.75, 3.05) is 26.7 Å². The summed E-state index contributed by atoms with van der Waals surface area (Å²) in [5, 5.41) is 7.40. The molecule has 1 N–H and O–H groups in total. The molecule has 1 aliphatic heterocycles. The Bertz CT molecular complexity index is 689. The molecule has 134 valence electrons. The molecule has 0 aliphatic carbocycles. The molecule has 0 saturated heterocycles. The average Bonchev–Trinajstić information content (AvgIpc) is 3.12. The number of para-hydroxylation sites is 2. The highest BCUT2D eigenvalue weighted by molar-refractivity contribution is 5.78. The maximum Gasteiger partial charge on any atom is 0.236 e. The maximum absolute atomic E-state index is 12.3. The lowest BCUT2D eigenvalue weighted by Gasteiger charge is -2.29. The monoisotopic (exact) mass is 344 g/mol. The molecule has 25 heavy (non-hydrogen) atoms. The third-order valence-corrected chi connectivity index (χ3v) is 4.09. The lowest BCUT2D eigenvalue weighted by Crippen LogP contribution is -2.46. The van der Waals surface area contributed by atoms with Crippen molar-refractivity contribution in [1.82, 2.24) is 20.0 Å². The lowest BCUT2D eigenvalue weighted by molar-refractivity contribution is -0.130. The first-order valence-corrected chi connectivity index (χ1v) is 8.45. The zero-order valence-electron chi connectivity index (χ0n) is 14.6. The molecular formula is C18H24N4O3. The molecule has 1 aromatic carbocycles. The lowest BCUT2D eigenvalue weighted by atomic mass is 10.2. The van der Waals surface area contributed by atoms with Gasteiger partial charge in [0.25, 0.3) is 0 Å². The van der Waals surface area contributed by atoms with Crippen molar-refractivity contribution in [3.05, 3.63) is 42.7 Å². The zero-order chi connectivity index (χ0) is 17.6. The predicted octanol–water partition coefficient (Wildman–Crippen LogP) is 1.16. The van der Waals surface area contributed by atoms with Gasteiger partial charge in [0.2, 0.25) is 5.91 Å². The molecule has 1 aliphatic rings. The maximum atomic E-state index is 12.3. The summed E-state index contributed by atoms with van der Waals surface area (Å²) >= 11 is 0. The van der Waals surface area contributed by atoms with Crippen LogP contribution in [0.25, 0.3) is 0 Å². The average molecular weight is 344 g/mol. The minimum absolute atomic E-state index is 0.0229. The SMILES string of the molecule is CC(Cn1cccn1)NCC(=O)N(C)CC1COc2ccccc2O1. The molecule has 2 heterocycles. The van der Waals surface area contributed by atoms with E-state index >= 15 is 0 Å². The second-order valence-electron chi connectivity index (χ2n) is 6.28. The summed E-state index contributed by atoms with van der Waals surface area (Å²) in [6.07, 6.45) is 3.49. The van der Waals surface area contributed by atoms with Gasteiger partial charge in [0.1, 0.15) is 6.61 Å². The fourth-order valence-electron chi connectivity index (χ4n) is 2.71. The van der Waals surface area contributed by atoms with Crippen molar-refractivity contribution in [1.29, 1.82) is 0 Å². The smallest absolute Gasteiger partial charge is 0.236 e. The first-order valence-electron chi connectivity index (χ1n) is 8.45. The fourth-order valence-corrected chi connectivity index (χ4v) is 2.71. The molecule has 7 nitrogen and oxygen atoms in total. The normalized spacial score (nSPS) is 17.1. The number of nitrogens with zero attached hydrogens (tertiary/aromatic N) is 3. The second kappa shape index (κ2) is 8.02. The van der Waals surface area contributed by atoms with Crippen LogP contribution in [0.4, 0.5) is 0 Å². The van der Waals surface area contributed by atoms with E-state index in [0.717, 1.165) is 18.0 Å². The van der Waals surface area contributed by atoms with E-state index < -0.39 is 0 Å². The Labute approximate surface area is 147 Å². The standard InChI is InChI=1S/C18H24N4O3/c1-14(11-22-9-5-8-20-22)19-10-18(23)21(2)12-15-13-24-16-6-3-4-7-17(16)25-15/h3-9,14-15,19H,10-13H2,1-2H3. The van der Waals surface area contributed by atoms with E-state index in [1.54, 1.807) is 18.1 Å². The van der Waals surface area contributed by atoms with E-state index in [0.29, 0.717) is 13.2 Å². The summed E-state index contributed by atoms with van der Waals surface area (Å²) in [5.41, 5.74) is 0. The molecule has 1 aromatic heterocycles. The highest BCUT2D eigenvalue weighted by atomic mass is 16.6. The molecule has 0 fully saturated rings. The van der Waals surface area contributed by atoms with Gasteiger partial charge in [0, 0.05) is 25.5 Å². The van der Waals surface area contributed by atoms with Crippen LogP contribution in [0.2, 0.25) is 0 Å². The summed E-state index contributed by atoms with van der Waals surface area (Å²) in [7, 11) is 1.78. The van der Waals surface area contributed by atoms with Gasteiger partial charge in [0.15, 0.2) is 17.6 Å². The van der Waals surface area contributed by atoms with Gasteiger partial charge in [-0.15, -0.1) is 0 Å². The van der Waals surface area contributed by atoms with Crippen molar-refractivity contribution >= 4 is 5.91 Å². The number of hydrogen-bond donors (Lipinski definition) is 1. The molecule has 0 spiro atoms. The molecular weight excluding hydrogens is 320 g/mol. The quantitative estimate of drug-likeness (QED) is 0.816. The molecule has 3 rings (SSSR count). The Morgan fingerprint density at radius 1 is 1.40 bits per heavy atom. The van der Waals surface area contributed by atoms with E-state index in [-0.39, 0.29) is 24.6 Å². The van der Waals surface area contributed by atoms with Crippen LogP contribution in [0.1, 0.15) is 6.92 Å². The van der Waals surface area contributed by atoms with E-state index in [1.807, 2.05) is 48.1 Å². The molecule has 0 bridgehead atoms. The highest BCUT2D eigenvalue weighted by Gasteiger charge is 2.23. The number of benzene rings is 1. The summed E-state index contributed by atoms with van der Waals surface area (Å²) < 4.78 is 13.4. The van der Waals surface area contributed by atoms with Crippen molar-refractivity contribution < 1.29 is 14.3 Å². The molecule has 0 radical (unpaired) electrons. The van der Waals surface area contributed by atoms with E-state index in [1.165, 1.54) is 0 Å². The number of nitrogens with one attached hydrogen (secondary N) is 1. The van der Waals surface area contributed by atoms with Gasteiger partial charge >= 0.3 is 0 Å². The fraction of sp³-hybridized carbons (Fsp3) is 0.444. The van der Waals surface area contributed by atoms with E-state index in [2.05, 4.69) is 10.4 Å². The topological polar surface area (TPSA) is 68.6 Å². The minimum atomic E-state index is -0.162. The molecule has 2 unspecified atom stereocenters. The first-order chi connectivity index (χ1) is 12.1. The number of hydrogen-bond acceptors (Lipinski definition) is 5. The Morgan fingerprint density at radius 2 is 2.20 bits per heavy atom. The number of aromatic nitrogens is 2. The van der Waals surface area contributed by atoms with Crippen LogP contribution in [0.3, 0.4) is 0 Å². The van der Waals surface area contributed by atoms with Crippen LogP contribution in [0.5, 0.6) is 11.5 Å².